The van der Waals surface area contributed by atoms with Crippen LogP contribution in [0.15, 0.2) is 48.5 Å². The summed E-state index contributed by atoms with van der Waals surface area (Å²) in [6, 6.07) is 16.9. The summed E-state index contributed by atoms with van der Waals surface area (Å²) in [6.45, 7) is 3.78. The van der Waals surface area contributed by atoms with Crippen molar-refractivity contribution in [1.82, 2.24) is 0 Å². The van der Waals surface area contributed by atoms with E-state index in [2.05, 4.69) is 48.2 Å². The Bertz CT molecular complexity index is 610. The zero-order chi connectivity index (χ0) is 14.7. The smallest absolute Gasteiger partial charge is 0.142 e. The average molecular weight is 282 g/mol. The average Bonchev–Trinajstić information content (AvgIpc) is 2.70. The molecule has 0 fully saturated rings. The van der Waals surface area contributed by atoms with Crippen molar-refractivity contribution in [3.8, 4) is 5.75 Å². The van der Waals surface area contributed by atoms with Crippen molar-refractivity contribution in [2.45, 2.75) is 25.8 Å². The van der Waals surface area contributed by atoms with Gasteiger partial charge >= 0.3 is 0 Å². The summed E-state index contributed by atoms with van der Waals surface area (Å²) >= 11 is 0. The molecule has 21 heavy (non-hydrogen) atoms. The van der Waals surface area contributed by atoms with Crippen molar-refractivity contribution in [2.75, 3.05) is 18.1 Å². The van der Waals surface area contributed by atoms with Crippen molar-refractivity contribution in [3.05, 3.63) is 54.1 Å². The van der Waals surface area contributed by atoms with E-state index < -0.39 is 0 Å². The van der Waals surface area contributed by atoms with E-state index in [-0.39, 0.29) is 6.04 Å². The number of nitrogens with zero attached hydrogens (tertiary/aromatic N) is 1. The quantitative estimate of drug-likeness (QED) is 0.936. The molecule has 0 saturated heterocycles. The number of hydrogen-bond donors (Lipinski definition) is 1. The lowest BCUT2D eigenvalue weighted by molar-refractivity contribution is 0.322. The maximum atomic E-state index is 6.01. The number of fused-ring (bicyclic) bond motifs is 1. The van der Waals surface area contributed by atoms with E-state index in [4.69, 9.17) is 10.5 Å². The predicted molar refractivity (Wildman–Crippen MR) is 87.4 cm³/mol. The van der Waals surface area contributed by atoms with Crippen molar-refractivity contribution in [3.63, 3.8) is 0 Å². The van der Waals surface area contributed by atoms with E-state index >= 15 is 0 Å². The van der Waals surface area contributed by atoms with Crippen LogP contribution in [0.4, 0.5) is 11.4 Å². The Balaban J connectivity index is 2.04. The van der Waals surface area contributed by atoms with Gasteiger partial charge in [-0.1, -0.05) is 30.3 Å². The van der Waals surface area contributed by atoms with Crippen molar-refractivity contribution >= 4 is 11.4 Å². The molecule has 1 atom stereocenters. The fraction of sp³-hybridized carbons (Fsp3) is 0.333. The molecular weight excluding hydrogens is 260 g/mol. The highest BCUT2D eigenvalue weighted by Crippen LogP contribution is 2.37. The van der Waals surface area contributed by atoms with Crippen LogP contribution >= 0.6 is 0 Å². The molecule has 0 spiro atoms. The molecule has 0 aliphatic carbocycles. The molecule has 0 saturated carbocycles. The van der Waals surface area contributed by atoms with Crippen LogP contribution in [0.25, 0.3) is 0 Å². The van der Waals surface area contributed by atoms with Gasteiger partial charge in [-0.3, -0.25) is 0 Å². The molecule has 0 aromatic heterocycles. The Labute approximate surface area is 126 Å². The first kappa shape index (κ1) is 14.0. The summed E-state index contributed by atoms with van der Waals surface area (Å²) in [5, 5.41) is 0. The molecule has 0 radical (unpaired) electrons. The summed E-state index contributed by atoms with van der Waals surface area (Å²) < 4.78 is 5.85. The second-order valence-electron chi connectivity index (χ2n) is 5.63. The molecule has 2 aromatic rings. The Kier molecular flexibility index (Phi) is 4.11. The Morgan fingerprint density at radius 3 is 2.62 bits per heavy atom. The third kappa shape index (κ3) is 3.03. The van der Waals surface area contributed by atoms with Crippen LogP contribution in [0, 0.1) is 0 Å². The number of ether oxygens (including phenoxy) is 1. The maximum Gasteiger partial charge on any atom is 0.142 e. The van der Waals surface area contributed by atoms with E-state index in [1.165, 1.54) is 11.3 Å². The van der Waals surface area contributed by atoms with Crippen LogP contribution in [-0.4, -0.2) is 19.2 Å². The van der Waals surface area contributed by atoms with Gasteiger partial charge in [-0.15, -0.1) is 0 Å². The Morgan fingerprint density at radius 1 is 1.10 bits per heavy atom. The molecule has 0 amide bonds. The fourth-order valence-corrected chi connectivity index (χ4v) is 2.87. The summed E-state index contributed by atoms with van der Waals surface area (Å²) in [5.74, 6) is 0.964. The molecule has 1 aliphatic heterocycles. The van der Waals surface area contributed by atoms with Gasteiger partial charge in [0, 0.05) is 18.3 Å². The minimum atomic E-state index is 0.157. The topological polar surface area (TPSA) is 38.5 Å². The summed E-state index contributed by atoms with van der Waals surface area (Å²) in [7, 11) is 0. The first-order chi connectivity index (χ1) is 10.3. The molecule has 1 aliphatic rings. The summed E-state index contributed by atoms with van der Waals surface area (Å²) in [4.78, 5) is 2.36. The van der Waals surface area contributed by atoms with E-state index in [1.807, 2.05) is 12.1 Å². The lowest BCUT2D eigenvalue weighted by Gasteiger charge is -2.27. The number of benzene rings is 2. The van der Waals surface area contributed by atoms with E-state index in [1.54, 1.807) is 0 Å². The number of para-hydroxylation sites is 3. The highest BCUT2D eigenvalue weighted by atomic mass is 16.5. The molecule has 1 heterocycles. The van der Waals surface area contributed by atoms with Crippen LogP contribution in [0.5, 0.6) is 5.75 Å². The fourth-order valence-electron chi connectivity index (χ4n) is 2.87. The van der Waals surface area contributed by atoms with Crippen LogP contribution in [0.2, 0.25) is 0 Å². The molecule has 2 aromatic carbocycles. The monoisotopic (exact) mass is 282 g/mol. The van der Waals surface area contributed by atoms with Gasteiger partial charge in [-0.05, 0) is 43.5 Å². The molecule has 3 heteroatoms. The molecule has 0 bridgehead atoms. The van der Waals surface area contributed by atoms with Gasteiger partial charge < -0.3 is 15.4 Å². The van der Waals surface area contributed by atoms with E-state index in [0.717, 1.165) is 37.4 Å². The van der Waals surface area contributed by atoms with Gasteiger partial charge in [0.1, 0.15) is 5.75 Å². The summed E-state index contributed by atoms with van der Waals surface area (Å²) in [6.07, 6.45) is 1.90. The second-order valence-corrected chi connectivity index (χ2v) is 5.63. The van der Waals surface area contributed by atoms with Crippen LogP contribution in [-0.2, 0) is 6.42 Å². The molecule has 2 N–H and O–H groups in total. The van der Waals surface area contributed by atoms with Gasteiger partial charge in [-0.2, -0.15) is 0 Å². The number of rotatable bonds is 3. The minimum Gasteiger partial charge on any atom is -0.491 e. The zero-order valence-corrected chi connectivity index (χ0v) is 12.5. The SMILES string of the molecule is CC(N)Cc1ccccc1N1CCCOc2ccccc21. The van der Waals surface area contributed by atoms with Gasteiger partial charge in [-0.25, -0.2) is 0 Å². The number of nitrogens with two attached hydrogens (primary N) is 1. The molecular formula is C18H22N2O. The molecule has 3 nitrogen and oxygen atoms in total. The van der Waals surface area contributed by atoms with Crippen LogP contribution < -0.4 is 15.4 Å². The lowest BCUT2D eigenvalue weighted by Crippen LogP contribution is -2.22. The normalized spacial score (nSPS) is 15.8. The van der Waals surface area contributed by atoms with Crippen molar-refractivity contribution in [1.29, 1.82) is 0 Å². The maximum absolute atomic E-state index is 6.01. The van der Waals surface area contributed by atoms with Gasteiger partial charge in [0.15, 0.2) is 0 Å². The standard InChI is InChI=1S/C18H22N2O/c1-14(19)13-15-7-2-3-8-16(15)20-11-6-12-21-18-10-5-4-9-17(18)20/h2-5,7-10,14H,6,11-13,19H2,1H3. The van der Waals surface area contributed by atoms with Crippen LogP contribution in [0.1, 0.15) is 18.9 Å². The predicted octanol–water partition coefficient (Wildman–Crippen LogP) is 3.50. The highest BCUT2D eigenvalue weighted by Gasteiger charge is 2.19. The Morgan fingerprint density at radius 2 is 1.81 bits per heavy atom. The van der Waals surface area contributed by atoms with Crippen molar-refractivity contribution < 1.29 is 4.74 Å². The first-order valence-electron chi connectivity index (χ1n) is 7.58. The third-order valence-electron chi connectivity index (χ3n) is 3.76. The third-order valence-corrected chi connectivity index (χ3v) is 3.76. The first-order valence-corrected chi connectivity index (χ1v) is 7.58. The van der Waals surface area contributed by atoms with E-state index in [0.29, 0.717) is 0 Å². The van der Waals surface area contributed by atoms with Gasteiger partial charge in [0.2, 0.25) is 0 Å². The molecule has 1 unspecified atom stereocenters. The van der Waals surface area contributed by atoms with Gasteiger partial charge in [0.05, 0.1) is 12.3 Å². The van der Waals surface area contributed by atoms with Crippen LogP contribution in [0.3, 0.4) is 0 Å². The largest absolute Gasteiger partial charge is 0.491 e. The minimum absolute atomic E-state index is 0.157. The molecule has 3 rings (SSSR count). The zero-order valence-electron chi connectivity index (χ0n) is 12.5. The molecule has 110 valence electrons. The number of anilines is 2. The van der Waals surface area contributed by atoms with E-state index in [9.17, 15) is 0 Å². The van der Waals surface area contributed by atoms with Crippen molar-refractivity contribution in [2.24, 2.45) is 5.73 Å². The highest BCUT2D eigenvalue weighted by molar-refractivity contribution is 5.71. The second kappa shape index (κ2) is 6.19. The number of hydrogen-bond acceptors (Lipinski definition) is 3. The van der Waals surface area contributed by atoms with Gasteiger partial charge in [0.25, 0.3) is 0 Å². The summed E-state index contributed by atoms with van der Waals surface area (Å²) in [5.41, 5.74) is 9.69. The Hall–Kier alpha value is -2.00. The lowest BCUT2D eigenvalue weighted by atomic mass is 10.0.